The molecule has 7 nitrogen and oxygen atoms in total. The van der Waals surface area contributed by atoms with Gasteiger partial charge in [0.05, 0.1) is 23.4 Å². The number of thiazole rings is 1. The van der Waals surface area contributed by atoms with Crippen LogP contribution in [0.4, 0.5) is 16.3 Å². The Bertz CT molecular complexity index is 1460. The number of halogens is 1. The number of nitrogens with one attached hydrogen (secondary N) is 2. The maximum absolute atomic E-state index is 12.1. The van der Waals surface area contributed by atoms with Gasteiger partial charge in [-0.2, -0.15) is 0 Å². The number of hydrogen-bond acceptors (Lipinski definition) is 7. The van der Waals surface area contributed by atoms with E-state index >= 15 is 0 Å². The van der Waals surface area contributed by atoms with Gasteiger partial charge in [0, 0.05) is 46.4 Å². The minimum Gasteiger partial charge on any atom is -0.493 e. The maximum atomic E-state index is 12.1. The average Bonchev–Trinajstić information content (AvgIpc) is 3.32. The van der Waals surface area contributed by atoms with Crippen LogP contribution < -0.4 is 15.4 Å². The van der Waals surface area contributed by atoms with Crippen molar-refractivity contribution in [2.45, 2.75) is 72.4 Å². The fourth-order valence-corrected chi connectivity index (χ4v) is 5.78. The van der Waals surface area contributed by atoms with Crippen LogP contribution in [0.1, 0.15) is 59.6 Å². The van der Waals surface area contributed by atoms with Gasteiger partial charge in [0.15, 0.2) is 0 Å². The highest BCUT2D eigenvalue weighted by molar-refractivity contribution is 7.11. The third-order valence-electron chi connectivity index (χ3n) is 6.45. The van der Waals surface area contributed by atoms with Gasteiger partial charge >= 0.3 is 6.09 Å². The summed E-state index contributed by atoms with van der Waals surface area (Å²) in [5.74, 6) is 1.49. The first-order valence-corrected chi connectivity index (χ1v) is 15.6. The van der Waals surface area contributed by atoms with Crippen LogP contribution in [0.15, 0.2) is 60.7 Å². The van der Waals surface area contributed by atoms with Crippen molar-refractivity contribution in [1.29, 1.82) is 0 Å². The molecule has 2 aromatic heterocycles. The lowest BCUT2D eigenvalue weighted by Gasteiger charge is -2.14. The van der Waals surface area contributed by atoms with E-state index in [2.05, 4.69) is 48.7 Å². The van der Waals surface area contributed by atoms with E-state index < -0.39 is 6.09 Å². The first kappa shape index (κ1) is 31.3. The summed E-state index contributed by atoms with van der Waals surface area (Å²) in [5.41, 5.74) is 4.83. The summed E-state index contributed by atoms with van der Waals surface area (Å²) >= 11 is 8.13. The van der Waals surface area contributed by atoms with Gasteiger partial charge in [-0.25, -0.2) is 14.8 Å². The number of rotatable bonds is 14. The number of carbonyl (C=O) groups excluding carboxylic acids is 1. The zero-order chi connectivity index (χ0) is 29.9. The normalized spacial score (nSPS) is 11.0. The van der Waals surface area contributed by atoms with Crippen molar-refractivity contribution in [1.82, 2.24) is 9.97 Å². The molecule has 0 saturated heterocycles. The smallest absolute Gasteiger partial charge is 0.411 e. The minimum absolute atomic E-state index is 0.216. The van der Waals surface area contributed by atoms with E-state index in [1.54, 1.807) is 31.3 Å². The maximum Gasteiger partial charge on any atom is 0.411 e. The Morgan fingerprint density at radius 2 is 1.81 bits per heavy atom. The summed E-state index contributed by atoms with van der Waals surface area (Å²) in [7, 11) is 0. The van der Waals surface area contributed by atoms with Gasteiger partial charge in [-0.1, -0.05) is 48.9 Å². The monoisotopic (exact) mass is 606 g/mol. The van der Waals surface area contributed by atoms with Crippen molar-refractivity contribution in [2.75, 3.05) is 17.2 Å². The van der Waals surface area contributed by atoms with Crippen LogP contribution in [-0.2, 0) is 37.0 Å². The van der Waals surface area contributed by atoms with E-state index in [4.69, 9.17) is 31.0 Å². The number of pyridine rings is 1. The summed E-state index contributed by atoms with van der Waals surface area (Å²) in [6.45, 7) is 8.92. The first-order valence-electron chi connectivity index (χ1n) is 14.4. The Hall–Kier alpha value is -3.62. The summed E-state index contributed by atoms with van der Waals surface area (Å²) in [6, 6.07) is 19.8. The molecule has 0 atom stereocenters. The quantitative estimate of drug-likeness (QED) is 0.140. The van der Waals surface area contributed by atoms with Gasteiger partial charge in [-0.3, -0.25) is 5.32 Å². The number of benzene rings is 2. The van der Waals surface area contributed by atoms with E-state index in [1.807, 2.05) is 30.3 Å². The number of aryl methyl sites for hydroxylation is 5. The van der Waals surface area contributed by atoms with Crippen LogP contribution in [0.3, 0.4) is 0 Å². The molecule has 0 saturated carbocycles. The lowest BCUT2D eigenvalue weighted by molar-refractivity contribution is 0.130. The van der Waals surface area contributed by atoms with Crippen molar-refractivity contribution < 1.29 is 14.3 Å². The van der Waals surface area contributed by atoms with Gasteiger partial charge in [-0.15, -0.1) is 11.3 Å². The minimum atomic E-state index is -0.518. The number of anilines is 2. The summed E-state index contributed by atoms with van der Waals surface area (Å²) in [4.78, 5) is 23.0. The zero-order valence-electron chi connectivity index (χ0n) is 24.7. The second kappa shape index (κ2) is 15.6. The van der Waals surface area contributed by atoms with Gasteiger partial charge in [0.25, 0.3) is 0 Å². The predicted molar refractivity (Wildman–Crippen MR) is 172 cm³/mol. The topological polar surface area (TPSA) is 85.4 Å². The molecule has 0 aliphatic heterocycles. The molecule has 0 unspecified atom stereocenters. The van der Waals surface area contributed by atoms with Crippen molar-refractivity contribution >= 4 is 40.5 Å². The van der Waals surface area contributed by atoms with E-state index in [0.29, 0.717) is 29.7 Å². The number of carbonyl (C=O) groups is 1. The Kier molecular flexibility index (Phi) is 11.6. The van der Waals surface area contributed by atoms with E-state index in [0.717, 1.165) is 59.8 Å². The molecule has 4 rings (SSSR count). The van der Waals surface area contributed by atoms with Gasteiger partial charge in [-0.05, 0) is 75.8 Å². The van der Waals surface area contributed by atoms with E-state index in [9.17, 15) is 4.79 Å². The lowest BCUT2D eigenvalue weighted by atomic mass is 10.1. The Morgan fingerprint density at radius 1 is 1.00 bits per heavy atom. The van der Waals surface area contributed by atoms with Crippen LogP contribution in [-0.4, -0.2) is 28.8 Å². The van der Waals surface area contributed by atoms with Crippen molar-refractivity contribution in [2.24, 2.45) is 0 Å². The molecule has 0 radical (unpaired) electrons. The van der Waals surface area contributed by atoms with E-state index in [-0.39, 0.29) is 6.10 Å². The van der Waals surface area contributed by atoms with E-state index in [1.165, 1.54) is 10.4 Å². The Labute approximate surface area is 257 Å². The molecule has 0 fully saturated rings. The highest BCUT2D eigenvalue weighted by Gasteiger charge is 2.11. The number of ether oxygens (including phenoxy) is 2. The standard InChI is InChI=1S/C33H39ClN4O3S/c1-5-30-23(4)36-32(42-30)14-13-27-19-29(40-15-9-12-24-10-7-6-8-11-24)20-31(37-27)35-21-25-16-26(34)18-28(17-25)38-33(39)41-22(2)3/h6-8,10-11,16-20,22H,5,9,12-15,21H2,1-4H3,(H,35,37)(H,38,39). The summed E-state index contributed by atoms with van der Waals surface area (Å²) < 4.78 is 11.4. The molecule has 0 aliphatic rings. The molecule has 0 spiro atoms. The lowest BCUT2D eigenvalue weighted by Crippen LogP contribution is -2.18. The first-order chi connectivity index (χ1) is 20.3. The molecule has 2 heterocycles. The van der Waals surface area contributed by atoms with Crippen LogP contribution >= 0.6 is 22.9 Å². The number of nitrogens with zero attached hydrogens (tertiary/aromatic N) is 2. The fourth-order valence-electron chi connectivity index (χ4n) is 4.51. The molecule has 0 aliphatic carbocycles. The second-order valence-electron chi connectivity index (χ2n) is 10.4. The van der Waals surface area contributed by atoms with Crippen LogP contribution in [0.2, 0.25) is 5.02 Å². The third-order valence-corrected chi connectivity index (χ3v) is 8.03. The second-order valence-corrected chi connectivity index (χ2v) is 12.0. The number of amides is 1. The Balaban J connectivity index is 1.44. The highest BCUT2D eigenvalue weighted by atomic mass is 35.5. The van der Waals surface area contributed by atoms with Gasteiger partial charge in [0.2, 0.25) is 0 Å². The van der Waals surface area contributed by atoms with Gasteiger partial charge in [0.1, 0.15) is 11.6 Å². The molecule has 1 amide bonds. The largest absolute Gasteiger partial charge is 0.493 e. The molecule has 222 valence electrons. The van der Waals surface area contributed by atoms with Crippen LogP contribution in [0, 0.1) is 6.92 Å². The van der Waals surface area contributed by atoms with Crippen molar-refractivity contribution in [3.05, 3.63) is 98.1 Å². The fraction of sp³-hybridized carbons (Fsp3) is 0.364. The number of hydrogen-bond donors (Lipinski definition) is 2. The van der Waals surface area contributed by atoms with Gasteiger partial charge < -0.3 is 14.8 Å². The molecule has 4 aromatic rings. The zero-order valence-corrected chi connectivity index (χ0v) is 26.3. The average molecular weight is 607 g/mol. The highest BCUT2D eigenvalue weighted by Crippen LogP contribution is 2.24. The Morgan fingerprint density at radius 3 is 2.55 bits per heavy atom. The summed E-state index contributed by atoms with van der Waals surface area (Å²) in [6.07, 6.45) is 3.73. The third kappa shape index (κ3) is 10.0. The number of aromatic nitrogens is 2. The molecular formula is C33H39ClN4O3S. The molecule has 0 bridgehead atoms. The SMILES string of the molecule is CCc1sc(CCc2cc(OCCCc3ccccc3)cc(NCc3cc(Cl)cc(NC(=O)OC(C)C)c3)n2)nc1C. The molecular weight excluding hydrogens is 568 g/mol. The van der Waals surface area contributed by atoms with Crippen LogP contribution in [0.5, 0.6) is 5.75 Å². The molecule has 42 heavy (non-hydrogen) atoms. The van der Waals surface area contributed by atoms with Crippen molar-refractivity contribution in [3.63, 3.8) is 0 Å². The van der Waals surface area contributed by atoms with Crippen molar-refractivity contribution in [3.8, 4) is 5.75 Å². The molecule has 2 N–H and O–H groups in total. The predicted octanol–water partition coefficient (Wildman–Crippen LogP) is 8.43. The molecule has 2 aromatic carbocycles. The summed E-state index contributed by atoms with van der Waals surface area (Å²) in [5, 5.41) is 7.80. The molecule has 9 heteroatoms. The van der Waals surface area contributed by atoms with Crippen LogP contribution in [0.25, 0.3) is 0 Å².